The molecule has 0 bridgehead atoms. The highest BCUT2D eigenvalue weighted by molar-refractivity contribution is 5.87. The lowest BCUT2D eigenvalue weighted by Crippen LogP contribution is -2.42. The average Bonchev–Trinajstić information content (AvgIpc) is 3.36. The van der Waals surface area contributed by atoms with Gasteiger partial charge in [0.05, 0.1) is 35.8 Å². The van der Waals surface area contributed by atoms with E-state index in [1.807, 2.05) is 4.90 Å². The molecule has 2 aliphatic heterocycles. The van der Waals surface area contributed by atoms with Crippen LogP contribution in [0.2, 0.25) is 0 Å². The summed E-state index contributed by atoms with van der Waals surface area (Å²) in [4.78, 5) is 29.0. The van der Waals surface area contributed by atoms with E-state index in [0.717, 1.165) is 19.3 Å². The molecule has 2 fully saturated rings. The van der Waals surface area contributed by atoms with Crippen molar-refractivity contribution in [1.29, 1.82) is 0 Å². The molecule has 2 aromatic rings. The van der Waals surface area contributed by atoms with E-state index >= 15 is 0 Å². The number of benzene rings is 1. The first kappa shape index (κ1) is 15.1. The van der Waals surface area contributed by atoms with E-state index in [4.69, 9.17) is 10.5 Å². The topological polar surface area (TPSA) is 93.4 Å². The molecule has 0 radical (unpaired) electrons. The first-order valence-electron chi connectivity index (χ1n) is 8.66. The zero-order chi connectivity index (χ0) is 17.3. The normalized spacial score (nSPS) is 25.8. The lowest BCUT2D eigenvalue weighted by Gasteiger charge is -2.27. The zero-order valence-electron chi connectivity index (χ0n) is 13.6. The van der Waals surface area contributed by atoms with Gasteiger partial charge in [-0.2, -0.15) is 0 Å². The highest BCUT2D eigenvalue weighted by Crippen LogP contribution is 2.41. The molecule has 3 aliphatic rings. The number of hydrogen-bond donors (Lipinski definition) is 2. The van der Waals surface area contributed by atoms with Crippen molar-refractivity contribution in [2.75, 3.05) is 18.1 Å². The van der Waals surface area contributed by atoms with Gasteiger partial charge in [0.25, 0.3) is 5.56 Å². The molecule has 1 unspecified atom stereocenters. The van der Waals surface area contributed by atoms with Crippen LogP contribution in [0, 0.1) is 5.82 Å². The van der Waals surface area contributed by atoms with Crippen LogP contribution in [0.4, 0.5) is 10.1 Å². The van der Waals surface area contributed by atoms with Crippen LogP contribution in [0.3, 0.4) is 0 Å². The molecule has 0 amide bonds. The minimum absolute atomic E-state index is 0.0568. The van der Waals surface area contributed by atoms with Crippen LogP contribution < -0.4 is 21.9 Å². The number of halogens is 1. The predicted molar refractivity (Wildman–Crippen MR) is 90.4 cm³/mol. The van der Waals surface area contributed by atoms with Crippen LogP contribution in [-0.4, -0.2) is 34.8 Å². The lowest BCUT2D eigenvalue weighted by molar-refractivity contribution is 0.112. The van der Waals surface area contributed by atoms with Gasteiger partial charge in [-0.1, -0.05) is 0 Å². The van der Waals surface area contributed by atoms with Crippen LogP contribution in [0.5, 0.6) is 0 Å². The second-order valence-corrected chi connectivity index (χ2v) is 7.17. The molecule has 1 saturated carbocycles. The number of H-pyrrole nitrogens is 1. The van der Waals surface area contributed by atoms with Gasteiger partial charge in [-0.3, -0.25) is 14.3 Å². The van der Waals surface area contributed by atoms with Gasteiger partial charge in [-0.05, 0) is 25.3 Å². The van der Waals surface area contributed by atoms with Gasteiger partial charge in [-0.15, -0.1) is 0 Å². The molecule has 3 N–H and O–H groups in total. The van der Waals surface area contributed by atoms with Gasteiger partial charge >= 0.3 is 5.69 Å². The fraction of sp³-hybridized carbons (Fsp3) is 0.529. The van der Waals surface area contributed by atoms with Crippen molar-refractivity contribution in [1.82, 2.24) is 9.55 Å². The van der Waals surface area contributed by atoms with Crippen molar-refractivity contribution >= 4 is 16.6 Å². The van der Waals surface area contributed by atoms with E-state index in [1.165, 1.54) is 6.07 Å². The summed E-state index contributed by atoms with van der Waals surface area (Å²) < 4.78 is 22.4. The Morgan fingerprint density at radius 1 is 1.28 bits per heavy atom. The van der Waals surface area contributed by atoms with Gasteiger partial charge in [0.1, 0.15) is 5.82 Å². The standard InChI is InChI=1S/C17H19FN4O3/c18-11-5-9-14(22(8-1-2-8)17(24)20-16(9)23)10-6-25-7-13-12(19)3-4-21(13)15(10)11/h5,8,12-13H,1-4,6-7,19H2,(H,20,23,24)/t12-,13?/m1/s1. The summed E-state index contributed by atoms with van der Waals surface area (Å²) in [6, 6.07) is 1.14. The highest BCUT2D eigenvalue weighted by atomic mass is 19.1. The summed E-state index contributed by atoms with van der Waals surface area (Å²) in [7, 11) is 0. The maximum Gasteiger partial charge on any atom is 0.329 e. The molecule has 7 nitrogen and oxygen atoms in total. The second-order valence-electron chi connectivity index (χ2n) is 7.17. The molecule has 8 heteroatoms. The van der Waals surface area contributed by atoms with Crippen molar-refractivity contribution < 1.29 is 9.13 Å². The number of hydrogen-bond acceptors (Lipinski definition) is 5. The SMILES string of the molecule is N[C@@H]1CCN2c3c(F)cc4c(=O)[nH]c(=O)n(C5CC5)c4c3COCC12. The molecule has 132 valence electrons. The maximum absolute atomic E-state index is 15.0. The smallest absolute Gasteiger partial charge is 0.329 e. The highest BCUT2D eigenvalue weighted by Gasteiger charge is 2.38. The van der Waals surface area contributed by atoms with E-state index in [-0.39, 0.29) is 30.1 Å². The maximum atomic E-state index is 15.0. The fourth-order valence-electron chi connectivity index (χ4n) is 4.24. The largest absolute Gasteiger partial charge is 0.374 e. The first-order chi connectivity index (χ1) is 12.1. The number of nitrogens with zero attached hydrogens (tertiary/aromatic N) is 2. The van der Waals surface area contributed by atoms with Crippen molar-refractivity contribution in [3.8, 4) is 0 Å². The summed E-state index contributed by atoms with van der Waals surface area (Å²) in [6.45, 7) is 1.22. The third-order valence-electron chi connectivity index (χ3n) is 5.58. The van der Waals surface area contributed by atoms with Crippen molar-refractivity contribution in [3.05, 3.63) is 38.3 Å². The van der Waals surface area contributed by atoms with Crippen LogP contribution in [0.1, 0.15) is 30.9 Å². The van der Waals surface area contributed by atoms with Crippen LogP contribution in [-0.2, 0) is 11.3 Å². The molecule has 3 heterocycles. The lowest BCUT2D eigenvalue weighted by atomic mass is 10.1. The molecule has 2 atom stereocenters. The molecule has 1 saturated heterocycles. The average molecular weight is 346 g/mol. The molecule has 1 aromatic heterocycles. The van der Waals surface area contributed by atoms with E-state index in [9.17, 15) is 14.0 Å². The number of nitrogens with one attached hydrogen (secondary N) is 1. The zero-order valence-corrected chi connectivity index (χ0v) is 13.6. The summed E-state index contributed by atoms with van der Waals surface area (Å²) in [6.07, 6.45) is 2.52. The first-order valence-corrected chi connectivity index (χ1v) is 8.66. The van der Waals surface area contributed by atoms with Crippen LogP contribution in [0.15, 0.2) is 15.7 Å². The van der Waals surface area contributed by atoms with Crippen molar-refractivity contribution in [3.63, 3.8) is 0 Å². The molecular formula is C17H19FN4O3. The number of aromatic nitrogens is 2. The molecule has 5 rings (SSSR count). The Bertz CT molecular complexity index is 994. The van der Waals surface area contributed by atoms with Gasteiger partial charge in [0, 0.05) is 24.2 Å². The Balaban J connectivity index is 1.88. The van der Waals surface area contributed by atoms with Gasteiger partial charge in [-0.25, -0.2) is 9.18 Å². The molecule has 1 aliphatic carbocycles. The Kier molecular flexibility index (Phi) is 3.11. The van der Waals surface area contributed by atoms with E-state index in [2.05, 4.69) is 4.98 Å². The minimum atomic E-state index is -0.558. The Morgan fingerprint density at radius 2 is 2.08 bits per heavy atom. The quantitative estimate of drug-likeness (QED) is 0.789. The Hall–Kier alpha value is -2.19. The summed E-state index contributed by atoms with van der Waals surface area (Å²) in [5.41, 5.74) is 6.69. The number of fused-ring (bicyclic) bond motifs is 5. The van der Waals surface area contributed by atoms with Gasteiger partial charge < -0.3 is 15.4 Å². The number of rotatable bonds is 1. The second kappa shape index (κ2) is 5.15. The van der Waals surface area contributed by atoms with Gasteiger partial charge in [0.2, 0.25) is 0 Å². The van der Waals surface area contributed by atoms with E-state index < -0.39 is 17.1 Å². The third-order valence-corrected chi connectivity index (χ3v) is 5.58. The van der Waals surface area contributed by atoms with E-state index in [1.54, 1.807) is 4.57 Å². The van der Waals surface area contributed by atoms with Crippen molar-refractivity contribution in [2.24, 2.45) is 5.73 Å². The van der Waals surface area contributed by atoms with Crippen LogP contribution >= 0.6 is 0 Å². The number of aromatic amines is 1. The third kappa shape index (κ3) is 2.10. The number of ether oxygens (including phenoxy) is 1. The molecule has 25 heavy (non-hydrogen) atoms. The summed E-state index contributed by atoms with van der Waals surface area (Å²) in [5.74, 6) is -0.460. The fourth-order valence-corrected chi connectivity index (χ4v) is 4.24. The van der Waals surface area contributed by atoms with E-state index in [0.29, 0.717) is 29.9 Å². The summed E-state index contributed by atoms with van der Waals surface area (Å²) >= 11 is 0. The van der Waals surface area contributed by atoms with Crippen molar-refractivity contribution in [2.45, 2.75) is 44.0 Å². The Morgan fingerprint density at radius 3 is 2.84 bits per heavy atom. The van der Waals surface area contributed by atoms with Crippen LogP contribution in [0.25, 0.3) is 10.9 Å². The molecule has 1 aromatic carbocycles. The monoisotopic (exact) mass is 346 g/mol. The number of nitrogens with two attached hydrogens (primary N) is 1. The molecule has 0 spiro atoms. The number of anilines is 1. The van der Waals surface area contributed by atoms with Gasteiger partial charge in [0.15, 0.2) is 0 Å². The molecular weight excluding hydrogens is 327 g/mol. The Labute approximate surface area is 142 Å². The summed E-state index contributed by atoms with van der Waals surface area (Å²) in [5, 5.41) is 0.202. The minimum Gasteiger partial charge on any atom is -0.374 e. The predicted octanol–water partition coefficient (Wildman–Crippen LogP) is 0.600.